The predicted molar refractivity (Wildman–Crippen MR) is 73.7 cm³/mol. The van der Waals surface area contributed by atoms with Gasteiger partial charge in [-0.2, -0.15) is 5.10 Å². The molecule has 5 nitrogen and oxygen atoms in total. The summed E-state index contributed by atoms with van der Waals surface area (Å²) in [6.07, 6.45) is 4.54. The van der Waals surface area contributed by atoms with E-state index < -0.39 is 5.97 Å². The number of carboxylic acid groups (broad SMARTS) is 1. The quantitative estimate of drug-likeness (QED) is 0.802. The van der Waals surface area contributed by atoms with Gasteiger partial charge in [-0.15, -0.1) is 0 Å². The molecule has 2 heterocycles. The van der Waals surface area contributed by atoms with Crippen molar-refractivity contribution in [3.8, 4) is 16.9 Å². The van der Waals surface area contributed by atoms with Crippen LogP contribution in [0.15, 0.2) is 55.0 Å². The van der Waals surface area contributed by atoms with Gasteiger partial charge in [-0.25, -0.2) is 13.9 Å². The van der Waals surface area contributed by atoms with E-state index in [4.69, 9.17) is 0 Å². The van der Waals surface area contributed by atoms with Crippen LogP contribution in [0.1, 0.15) is 10.4 Å². The smallest absolute Gasteiger partial charge is 0.339 e. The summed E-state index contributed by atoms with van der Waals surface area (Å²) in [5, 5.41) is 13.6. The fourth-order valence-corrected chi connectivity index (χ4v) is 1.98. The van der Waals surface area contributed by atoms with Gasteiger partial charge in [-0.1, -0.05) is 0 Å². The minimum atomic E-state index is -1.07. The largest absolute Gasteiger partial charge is 0.478 e. The summed E-state index contributed by atoms with van der Waals surface area (Å²) < 4.78 is 14.4. The lowest BCUT2D eigenvalue weighted by Gasteiger charge is -2.00. The summed E-state index contributed by atoms with van der Waals surface area (Å²) in [5.74, 6) is -1.44. The van der Waals surface area contributed by atoms with Gasteiger partial charge in [0.15, 0.2) is 0 Å². The average Bonchev–Trinajstić information content (AvgIpc) is 2.94. The third kappa shape index (κ3) is 2.51. The van der Waals surface area contributed by atoms with E-state index in [1.807, 2.05) is 0 Å². The number of hydrogen-bond acceptors (Lipinski definition) is 3. The molecule has 0 amide bonds. The van der Waals surface area contributed by atoms with Crippen LogP contribution in [0.25, 0.3) is 16.9 Å². The van der Waals surface area contributed by atoms with Crippen LogP contribution < -0.4 is 0 Å². The number of hydrogen-bond donors (Lipinski definition) is 1. The lowest BCUT2D eigenvalue weighted by Crippen LogP contribution is -1.96. The van der Waals surface area contributed by atoms with Crippen molar-refractivity contribution < 1.29 is 14.3 Å². The highest BCUT2D eigenvalue weighted by atomic mass is 19.1. The van der Waals surface area contributed by atoms with Gasteiger partial charge in [0.05, 0.1) is 5.69 Å². The summed E-state index contributed by atoms with van der Waals surface area (Å²) in [7, 11) is 0. The first kappa shape index (κ1) is 13.0. The number of halogens is 1. The van der Waals surface area contributed by atoms with Crippen molar-refractivity contribution in [1.29, 1.82) is 0 Å². The van der Waals surface area contributed by atoms with Crippen molar-refractivity contribution in [1.82, 2.24) is 14.8 Å². The first-order valence-corrected chi connectivity index (χ1v) is 6.14. The molecule has 104 valence electrons. The van der Waals surface area contributed by atoms with E-state index in [-0.39, 0.29) is 11.4 Å². The van der Waals surface area contributed by atoms with Crippen molar-refractivity contribution in [2.75, 3.05) is 0 Å². The summed E-state index contributed by atoms with van der Waals surface area (Å²) in [6.45, 7) is 0. The summed E-state index contributed by atoms with van der Waals surface area (Å²) in [6, 6.07) is 9.02. The van der Waals surface area contributed by atoms with Crippen LogP contribution in [0, 0.1) is 5.82 Å². The Hall–Kier alpha value is -3.02. The number of benzene rings is 1. The van der Waals surface area contributed by atoms with Crippen molar-refractivity contribution >= 4 is 5.97 Å². The molecular formula is C15H10FN3O2. The number of aromatic nitrogens is 3. The molecule has 1 aromatic carbocycles. The van der Waals surface area contributed by atoms with E-state index in [0.29, 0.717) is 16.9 Å². The number of rotatable bonds is 3. The van der Waals surface area contributed by atoms with Crippen molar-refractivity contribution in [2.24, 2.45) is 0 Å². The first-order valence-electron chi connectivity index (χ1n) is 6.14. The molecule has 3 rings (SSSR count). The molecule has 0 saturated carbocycles. The molecule has 0 unspecified atom stereocenters. The molecule has 0 aliphatic heterocycles. The summed E-state index contributed by atoms with van der Waals surface area (Å²) in [4.78, 5) is 15.3. The van der Waals surface area contributed by atoms with Gasteiger partial charge in [-0.05, 0) is 36.4 Å². The van der Waals surface area contributed by atoms with Crippen LogP contribution in [-0.4, -0.2) is 25.8 Å². The number of pyridine rings is 1. The first-order chi connectivity index (χ1) is 10.1. The number of aromatic carboxylic acids is 1. The molecule has 0 spiro atoms. The lowest BCUT2D eigenvalue weighted by molar-refractivity contribution is 0.0697. The van der Waals surface area contributed by atoms with E-state index in [1.165, 1.54) is 35.1 Å². The van der Waals surface area contributed by atoms with Crippen molar-refractivity contribution in [3.05, 3.63) is 66.4 Å². The minimum absolute atomic E-state index is 0.0746. The number of nitrogens with zero attached hydrogens (tertiary/aromatic N) is 3. The lowest BCUT2D eigenvalue weighted by atomic mass is 10.1. The molecular weight excluding hydrogens is 273 g/mol. The maximum absolute atomic E-state index is 12.9. The van der Waals surface area contributed by atoms with Crippen LogP contribution in [0.3, 0.4) is 0 Å². The monoisotopic (exact) mass is 283 g/mol. The van der Waals surface area contributed by atoms with E-state index in [1.54, 1.807) is 24.5 Å². The zero-order valence-electron chi connectivity index (χ0n) is 10.8. The van der Waals surface area contributed by atoms with Gasteiger partial charge in [0.1, 0.15) is 17.1 Å². The maximum Gasteiger partial charge on any atom is 0.339 e. The third-order valence-corrected chi connectivity index (χ3v) is 2.99. The molecule has 3 aromatic rings. The van der Waals surface area contributed by atoms with Crippen molar-refractivity contribution in [2.45, 2.75) is 0 Å². The fourth-order valence-electron chi connectivity index (χ4n) is 1.98. The molecule has 0 radical (unpaired) electrons. The third-order valence-electron chi connectivity index (χ3n) is 2.99. The van der Waals surface area contributed by atoms with E-state index >= 15 is 0 Å². The van der Waals surface area contributed by atoms with Gasteiger partial charge in [0.2, 0.25) is 0 Å². The zero-order valence-corrected chi connectivity index (χ0v) is 10.8. The Kier molecular flexibility index (Phi) is 3.19. The average molecular weight is 283 g/mol. The van der Waals surface area contributed by atoms with Crippen LogP contribution in [0.2, 0.25) is 0 Å². The van der Waals surface area contributed by atoms with E-state index in [2.05, 4.69) is 10.1 Å². The standard InChI is InChI=1S/C15H10FN3O2/c16-11-1-3-12(4-2-11)19-9-13(15(20)21)14(18-19)10-5-7-17-8-6-10/h1-9H,(H,20,21). The van der Waals surface area contributed by atoms with Gasteiger partial charge in [0.25, 0.3) is 0 Å². The zero-order chi connectivity index (χ0) is 14.8. The van der Waals surface area contributed by atoms with Gasteiger partial charge in [-0.3, -0.25) is 4.98 Å². The Bertz CT molecular complexity index is 782. The van der Waals surface area contributed by atoms with Crippen LogP contribution in [-0.2, 0) is 0 Å². The summed E-state index contributed by atoms with van der Waals surface area (Å²) in [5.41, 5.74) is 1.65. The molecule has 6 heteroatoms. The maximum atomic E-state index is 12.9. The Balaban J connectivity index is 2.13. The minimum Gasteiger partial charge on any atom is -0.478 e. The SMILES string of the molecule is O=C(O)c1cn(-c2ccc(F)cc2)nc1-c1ccncc1. The molecule has 1 N–H and O–H groups in total. The van der Waals surface area contributed by atoms with E-state index in [0.717, 1.165) is 0 Å². The second-order valence-corrected chi connectivity index (χ2v) is 4.35. The Labute approximate surface area is 119 Å². The normalized spacial score (nSPS) is 10.5. The number of carbonyl (C=O) groups is 1. The van der Waals surface area contributed by atoms with E-state index in [9.17, 15) is 14.3 Å². The second kappa shape index (κ2) is 5.16. The topological polar surface area (TPSA) is 68.0 Å². The molecule has 0 aliphatic rings. The second-order valence-electron chi connectivity index (χ2n) is 4.35. The van der Waals surface area contributed by atoms with Crippen LogP contribution >= 0.6 is 0 Å². The van der Waals surface area contributed by atoms with Crippen LogP contribution in [0.5, 0.6) is 0 Å². The Morgan fingerprint density at radius 2 is 1.76 bits per heavy atom. The predicted octanol–water partition coefficient (Wildman–Crippen LogP) is 2.77. The van der Waals surface area contributed by atoms with Gasteiger partial charge in [0, 0.05) is 24.2 Å². The fraction of sp³-hybridized carbons (Fsp3) is 0. The van der Waals surface area contributed by atoms with Crippen LogP contribution in [0.4, 0.5) is 4.39 Å². The molecule has 0 aliphatic carbocycles. The molecule has 0 saturated heterocycles. The molecule has 2 aromatic heterocycles. The van der Waals surface area contributed by atoms with Gasteiger partial charge >= 0.3 is 5.97 Å². The molecule has 21 heavy (non-hydrogen) atoms. The number of carboxylic acids is 1. The van der Waals surface area contributed by atoms with Gasteiger partial charge < -0.3 is 5.11 Å². The highest BCUT2D eigenvalue weighted by molar-refractivity contribution is 5.94. The molecule has 0 fully saturated rings. The Morgan fingerprint density at radius 3 is 2.38 bits per heavy atom. The highest BCUT2D eigenvalue weighted by Gasteiger charge is 2.17. The highest BCUT2D eigenvalue weighted by Crippen LogP contribution is 2.23. The summed E-state index contributed by atoms with van der Waals surface area (Å²) >= 11 is 0. The molecule has 0 bridgehead atoms. The van der Waals surface area contributed by atoms with Crippen molar-refractivity contribution in [3.63, 3.8) is 0 Å². The molecule has 0 atom stereocenters. The Morgan fingerprint density at radius 1 is 1.10 bits per heavy atom.